The van der Waals surface area contributed by atoms with Gasteiger partial charge in [-0.25, -0.2) is 10.4 Å². The van der Waals surface area contributed by atoms with Gasteiger partial charge >= 0.3 is 0 Å². The third kappa shape index (κ3) is 2.84. The van der Waals surface area contributed by atoms with Crippen molar-refractivity contribution in [3.8, 4) is 11.5 Å². The van der Waals surface area contributed by atoms with Crippen LogP contribution in [0.2, 0.25) is 0 Å². The van der Waals surface area contributed by atoms with Gasteiger partial charge in [-0.15, -0.1) is 0 Å². The standard InChI is InChI=1S/C16H14N4O3/c1-10-15(18-14-4-2-3-7-20(10)14)16(23)19-17-9-11-5-6-12(21)13(22)8-11/h2-9,21-22H,1H3,(H,19,23). The van der Waals surface area contributed by atoms with Crippen molar-refractivity contribution in [1.82, 2.24) is 14.8 Å². The van der Waals surface area contributed by atoms with Crippen molar-refractivity contribution >= 4 is 17.8 Å². The molecular formula is C16H14N4O3. The van der Waals surface area contributed by atoms with Gasteiger partial charge in [0, 0.05) is 6.20 Å². The number of carbonyl (C=O) groups excluding carboxylic acids is 1. The average Bonchev–Trinajstić information content (AvgIpc) is 2.88. The Morgan fingerprint density at radius 1 is 1.26 bits per heavy atom. The topological polar surface area (TPSA) is 99.2 Å². The fraction of sp³-hybridized carbons (Fsp3) is 0.0625. The van der Waals surface area contributed by atoms with Gasteiger partial charge in [-0.1, -0.05) is 6.07 Å². The minimum absolute atomic E-state index is 0.216. The molecule has 0 aliphatic carbocycles. The Labute approximate surface area is 131 Å². The van der Waals surface area contributed by atoms with Crippen LogP contribution in [0.4, 0.5) is 0 Å². The zero-order valence-corrected chi connectivity index (χ0v) is 12.3. The summed E-state index contributed by atoms with van der Waals surface area (Å²) in [5.41, 5.74) is 4.62. The molecule has 2 aromatic heterocycles. The van der Waals surface area contributed by atoms with Gasteiger partial charge in [-0.05, 0) is 42.8 Å². The van der Waals surface area contributed by atoms with Gasteiger partial charge in [-0.2, -0.15) is 5.10 Å². The zero-order chi connectivity index (χ0) is 16.4. The van der Waals surface area contributed by atoms with E-state index in [4.69, 9.17) is 0 Å². The second kappa shape index (κ2) is 5.80. The lowest BCUT2D eigenvalue weighted by Gasteiger charge is -1.99. The highest BCUT2D eigenvalue weighted by atomic mass is 16.3. The van der Waals surface area contributed by atoms with E-state index in [0.717, 1.165) is 5.69 Å². The number of pyridine rings is 1. The molecule has 116 valence electrons. The second-order valence-electron chi connectivity index (χ2n) is 4.92. The number of nitrogens with zero attached hydrogens (tertiary/aromatic N) is 3. The Morgan fingerprint density at radius 2 is 2.09 bits per heavy atom. The first-order valence-corrected chi connectivity index (χ1v) is 6.85. The number of imidazole rings is 1. The maximum Gasteiger partial charge on any atom is 0.291 e. The van der Waals surface area contributed by atoms with Crippen LogP contribution in [-0.4, -0.2) is 31.7 Å². The van der Waals surface area contributed by atoms with Crippen LogP contribution < -0.4 is 5.43 Å². The van der Waals surface area contributed by atoms with Crippen molar-refractivity contribution in [2.75, 3.05) is 0 Å². The van der Waals surface area contributed by atoms with Gasteiger partial charge in [0.1, 0.15) is 5.65 Å². The Kier molecular flexibility index (Phi) is 3.68. The number of phenolic OH excluding ortho intramolecular Hbond substituents is 2. The van der Waals surface area contributed by atoms with E-state index in [1.54, 1.807) is 13.0 Å². The van der Waals surface area contributed by atoms with Crippen molar-refractivity contribution < 1.29 is 15.0 Å². The molecule has 0 spiro atoms. The molecule has 0 aliphatic heterocycles. The molecule has 1 amide bonds. The molecule has 0 saturated heterocycles. The van der Waals surface area contributed by atoms with Crippen LogP contribution in [0, 0.1) is 6.92 Å². The third-order valence-electron chi connectivity index (χ3n) is 3.36. The number of hydrogen-bond acceptors (Lipinski definition) is 5. The molecule has 7 nitrogen and oxygen atoms in total. The fourth-order valence-electron chi connectivity index (χ4n) is 2.17. The summed E-state index contributed by atoms with van der Waals surface area (Å²) in [5, 5.41) is 22.5. The lowest BCUT2D eigenvalue weighted by Crippen LogP contribution is -2.19. The number of phenols is 2. The Bertz CT molecular complexity index is 915. The van der Waals surface area contributed by atoms with E-state index in [-0.39, 0.29) is 11.5 Å². The van der Waals surface area contributed by atoms with Crippen molar-refractivity contribution in [1.29, 1.82) is 0 Å². The third-order valence-corrected chi connectivity index (χ3v) is 3.36. The molecule has 3 aromatic rings. The number of aromatic nitrogens is 2. The van der Waals surface area contributed by atoms with E-state index in [0.29, 0.717) is 16.9 Å². The van der Waals surface area contributed by atoms with Crippen LogP contribution in [0.3, 0.4) is 0 Å². The van der Waals surface area contributed by atoms with E-state index in [2.05, 4.69) is 15.5 Å². The summed E-state index contributed by atoms with van der Waals surface area (Å²) in [4.78, 5) is 16.4. The summed E-state index contributed by atoms with van der Waals surface area (Å²) in [6, 6.07) is 9.75. The zero-order valence-electron chi connectivity index (χ0n) is 12.3. The molecule has 2 heterocycles. The highest BCUT2D eigenvalue weighted by Crippen LogP contribution is 2.23. The largest absolute Gasteiger partial charge is 0.504 e. The van der Waals surface area contributed by atoms with E-state index in [1.807, 2.05) is 28.8 Å². The summed E-state index contributed by atoms with van der Waals surface area (Å²) < 4.78 is 1.82. The lowest BCUT2D eigenvalue weighted by atomic mass is 10.2. The highest BCUT2D eigenvalue weighted by molar-refractivity contribution is 5.95. The SMILES string of the molecule is Cc1c(C(=O)NN=Cc2ccc(O)c(O)c2)nc2ccccn12. The van der Waals surface area contributed by atoms with E-state index >= 15 is 0 Å². The number of carbonyl (C=O) groups is 1. The van der Waals surface area contributed by atoms with Crippen LogP contribution in [-0.2, 0) is 0 Å². The maximum absolute atomic E-state index is 12.2. The average molecular weight is 310 g/mol. The van der Waals surface area contributed by atoms with Crippen molar-refractivity contribution in [3.63, 3.8) is 0 Å². The number of fused-ring (bicyclic) bond motifs is 1. The molecular weight excluding hydrogens is 296 g/mol. The normalized spacial score (nSPS) is 11.2. The van der Waals surface area contributed by atoms with Gasteiger partial charge in [-0.3, -0.25) is 4.79 Å². The molecule has 0 bridgehead atoms. The van der Waals surface area contributed by atoms with Crippen molar-refractivity contribution in [2.24, 2.45) is 5.10 Å². The first-order valence-electron chi connectivity index (χ1n) is 6.85. The first kappa shape index (κ1) is 14.6. The molecule has 0 atom stereocenters. The van der Waals surface area contributed by atoms with Crippen LogP contribution in [0.25, 0.3) is 5.65 Å². The van der Waals surface area contributed by atoms with Crippen LogP contribution in [0.1, 0.15) is 21.7 Å². The molecule has 23 heavy (non-hydrogen) atoms. The number of hydrogen-bond donors (Lipinski definition) is 3. The van der Waals surface area contributed by atoms with Gasteiger partial charge in [0.05, 0.1) is 11.9 Å². The highest BCUT2D eigenvalue weighted by Gasteiger charge is 2.14. The summed E-state index contributed by atoms with van der Waals surface area (Å²) in [7, 11) is 0. The maximum atomic E-state index is 12.2. The molecule has 0 unspecified atom stereocenters. The molecule has 7 heteroatoms. The van der Waals surface area contributed by atoms with Crippen molar-refractivity contribution in [2.45, 2.75) is 6.92 Å². The van der Waals surface area contributed by atoms with Gasteiger partial charge in [0.25, 0.3) is 5.91 Å². The number of rotatable bonds is 3. The number of nitrogens with one attached hydrogen (secondary N) is 1. The second-order valence-corrected chi connectivity index (χ2v) is 4.92. The fourth-order valence-corrected chi connectivity index (χ4v) is 2.17. The summed E-state index contributed by atoms with van der Waals surface area (Å²) in [6.07, 6.45) is 3.19. The molecule has 0 aliphatic rings. The predicted molar refractivity (Wildman–Crippen MR) is 84.8 cm³/mol. The molecule has 0 fully saturated rings. The van der Waals surface area contributed by atoms with Crippen LogP contribution >= 0.6 is 0 Å². The number of hydrazone groups is 1. The number of benzene rings is 1. The van der Waals surface area contributed by atoms with Crippen LogP contribution in [0.5, 0.6) is 11.5 Å². The van der Waals surface area contributed by atoms with E-state index in [9.17, 15) is 15.0 Å². The van der Waals surface area contributed by atoms with E-state index < -0.39 is 5.91 Å². The Hall–Kier alpha value is -3.35. The Balaban J connectivity index is 1.77. The quantitative estimate of drug-likeness (QED) is 0.390. The van der Waals surface area contributed by atoms with Gasteiger partial charge < -0.3 is 14.6 Å². The molecule has 1 aromatic carbocycles. The minimum Gasteiger partial charge on any atom is -0.504 e. The smallest absolute Gasteiger partial charge is 0.291 e. The van der Waals surface area contributed by atoms with Gasteiger partial charge in [0.2, 0.25) is 0 Å². The van der Waals surface area contributed by atoms with Crippen LogP contribution in [0.15, 0.2) is 47.7 Å². The number of aryl methyl sites for hydroxylation is 1. The first-order chi connectivity index (χ1) is 11.1. The summed E-state index contributed by atoms with van der Waals surface area (Å²) >= 11 is 0. The number of aromatic hydroxyl groups is 2. The molecule has 3 N–H and O–H groups in total. The number of amides is 1. The summed E-state index contributed by atoms with van der Waals surface area (Å²) in [6.45, 7) is 1.80. The Morgan fingerprint density at radius 3 is 2.83 bits per heavy atom. The molecule has 3 rings (SSSR count). The molecule has 0 saturated carbocycles. The molecule has 0 radical (unpaired) electrons. The summed E-state index contributed by atoms with van der Waals surface area (Å²) in [5.74, 6) is -0.895. The van der Waals surface area contributed by atoms with Gasteiger partial charge in [0.15, 0.2) is 17.2 Å². The van der Waals surface area contributed by atoms with E-state index in [1.165, 1.54) is 18.3 Å². The lowest BCUT2D eigenvalue weighted by molar-refractivity contribution is 0.0950. The van der Waals surface area contributed by atoms with Crippen molar-refractivity contribution in [3.05, 3.63) is 59.5 Å². The monoisotopic (exact) mass is 310 g/mol. The predicted octanol–water partition coefficient (Wildman–Crippen LogP) is 1.82. The minimum atomic E-state index is -0.426.